The van der Waals surface area contributed by atoms with Crippen LogP contribution in [0.3, 0.4) is 0 Å². The molecule has 0 aliphatic carbocycles. The first-order chi connectivity index (χ1) is 9.82. The minimum absolute atomic E-state index is 0.125. The van der Waals surface area contributed by atoms with Gasteiger partial charge in [-0.15, -0.1) is 0 Å². The second kappa shape index (κ2) is 5.53. The molecule has 0 spiro atoms. The Morgan fingerprint density at radius 2 is 2.05 bits per heavy atom. The van der Waals surface area contributed by atoms with Gasteiger partial charge in [0.2, 0.25) is 5.91 Å². The van der Waals surface area contributed by atoms with Gasteiger partial charge in [-0.3, -0.25) is 14.4 Å². The predicted molar refractivity (Wildman–Crippen MR) is 73.4 cm³/mol. The Balaban J connectivity index is 2.37. The van der Waals surface area contributed by atoms with Crippen molar-refractivity contribution in [1.29, 1.82) is 0 Å². The van der Waals surface area contributed by atoms with Crippen molar-refractivity contribution in [1.82, 2.24) is 5.32 Å². The normalized spacial score (nSPS) is 14.9. The Hall–Kier alpha value is -2.41. The van der Waals surface area contributed by atoms with E-state index in [-0.39, 0.29) is 22.8 Å². The monoisotopic (exact) mass is 310 g/mol. The van der Waals surface area contributed by atoms with Gasteiger partial charge in [0, 0.05) is 6.92 Å². The van der Waals surface area contributed by atoms with Gasteiger partial charge in [-0.25, -0.2) is 4.79 Å². The molecule has 1 heterocycles. The Bertz CT molecular complexity index is 658. The summed E-state index contributed by atoms with van der Waals surface area (Å²) in [4.78, 5) is 47.0. The standard InChI is InChI=1S/C13H11ClN2O5/c1-6(17)15-9(13(20)21)5-16-10-7(11(18)12(16)19)3-2-4-8(10)14/h2-4,9H,5H2,1H3,(H,15,17)(H,20,21). The number of carboxylic acid groups (broad SMARTS) is 1. The lowest BCUT2D eigenvalue weighted by molar-refractivity contribution is -0.141. The highest BCUT2D eigenvalue weighted by Crippen LogP contribution is 2.35. The molecule has 8 heteroatoms. The molecule has 1 unspecified atom stereocenters. The summed E-state index contributed by atoms with van der Waals surface area (Å²) in [5.41, 5.74) is 0.297. The number of fused-ring (bicyclic) bond motifs is 1. The summed E-state index contributed by atoms with van der Waals surface area (Å²) < 4.78 is 0. The number of rotatable bonds is 4. The molecule has 2 N–H and O–H groups in total. The molecule has 1 aromatic carbocycles. The molecule has 0 fully saturated rings. The van der Waals surface area contributed by atoms with E-state index in [2.05, 4.69) is 5.32 Å². The molecular formula is C13H11ClN2O5. The largest absolute Gasteiger partial charge is 0.480 e. The average molecular weight is 311 g/mol. The number of carboxylic acids is 1. The van der Waals surface area contributed by atoms with Crippen molar-refractivity contribution in [3.05, 3.63) is 28.8 Å². The summed E-state index contributed by atoms with van der Waals surface area (Å²) >= 11 is 5.98. The maximum Gasteiger partial charge on any atom is 0.328 e. The van der Waals surface area contributed by atoms with Gasteiger partial charge in [0.15, 0.2) is 0 Å². The summed E-state index contributed by atoms with van der Waals surface area (Å²) in [5, 5.41) is 11.5. The molecule has 1 aliphatic rings. The van der Waals surface area contributed by atoms with E-state index in [1.54, 1.807) is 0 Å². The third-order valence-electron chi connectivity index (χ3n) is 2.98. The van der Waals surface area contributed by atoms with Crippen molar-refractivity contribution < 1.29 is 24.3 Å². The molecule has 21 heavy (non-hydrogen) atoms. The number of ketones is 1. The molecule has 1 atom stereocenters. The molecule has 7 nitrogen and oxygen atoms in total. The van der Waals surface area contributed by atoms with E-state index in [1.807, 2.05) is 0 Å². The summed E-state index contributed by atoms with van der Waals surface area (Å²) in [6, 6.07) is 3.13. The van der Waals surface area contributed by atoms with Crippen molar-refractivity contribution in [3.8, 4) is 0 Å². The van der Waals surface area contributed by atoms with E-state index >= 15 is 0 Å². The molecule has 1 aromatic rings. The lowest BCUT2D eigenvalue weighted by Gasteiger charge is -2.22. The van der Waals surface area contributed by atoms with Crippen molar-refractivity contribution in [2.75, 3.05) is 11.4 Å². The number of anilines is 1. The van der Waals surface area contributed by atoms with Gasteiger partial charge in [0.1, 0.15) is 6.04 Å². The lowest BCUT2D eigenvalue weighted by atomic mass is 10.1. The first-order valence-electron chi connectivity index (χ1n) is 5.97. The van der Waals surface area contributed by atoms with E-state index in [0.29, 0.717) is 0 Å². The number of benzene rings is 1. The van der Waals surface area contributed by atoms with Crippen LogP contribution in [0.25, 0.3) is 0 Å². The van der Waals surface area contributed by atoms with Crippen LogP contribution < -0.4 is 10.2 Å². The number of carbonyl (C=O) groups is 4. The van der Waals surface area contributed by atoms with Crippen LogP contribution in [0.4, 0.5) is 5.69 Å². The highest BCUT2D eigenvalue weighted by atomic mass is 35.5. The second-order valence-electron chi connectivity index (χ2n) is 4.47. The zero-order valence-electron chi connectivity index (χ0n) is 10.9. The SMILES string of the molecule is CC(=O)NC(CN1C(=O)C(=O)c2cccc(Cl)c21)C(=O)O. The van der Waals surface area contributed by atoms with E-state index in [0.717, 1.165) is 11.8 Å². The van der Waals surface area contributed by atoms with Crippen molar-refractivity contribution in [3.63, 3.8) is 0 Å². The van der Waals surface area contributed by atoms with Crippen LogP contribution in [0, 0.1) is 0 Å². The minimum atomic E-state index is -1.33. The van der Waals surface area contributed by atoms with E-state index in [4.69, 9.17) is 16.7 Å². The quantitative estimate of drug-likeness (QED) is 0.786. The highest BCUT2D eigenvalue weighted by molar-refractivity contribution is 6.54. The number of nitrogens with one attached hydrogen (secondary N) is 1. The molecule has 0 bridgehead atoms. The number of nitrogens with zero attached hydrogens (tertiary/aromatic N) is 1. The number of Topliss-reactive ketones (excluding diaryl/α,β-unsaturated/α-hetero) is 1. The van der Waals surface area contributed by atoms with Crippen LogP contribution in [0.1, 0.15) is 17.3 Å². The number of amides is 2. The molecule has 0 saturated carbocycles. The van der Waals surface area contributed by atoms with Gasteiger partial charge in [-0.2, -0.15) is 0 Å². The third-order valence-corrected chi connectivity index (χ3v) is 3.29. The molecule has 110 valence electrons. The van der Waals surface area contributed by atoms with Gasteiger partial charge in [0.05, 0.1) is 22.8 Å². The molecule has 0 radical (unpaired) electrons. The van der Waals surface area contributed by atoms with E-state index < -0.39 is 29.6 Å². The zero-order valence-corrected chi connectivity index (χ0v) is 11.7. The first-order valence-corrected chi connectivity index (χ1v) is 6.35. The maximum absolute atomic E-state index is 12.0. The predicted octanol–water partition coefficient (Wildman–Crippen LogP) is 0.459. The van der Waals surface area contributed by atoms with Gasteiger partial charge < -0.3 is 15.3 Å². The smallest absolute Gasteiger partial charge is 0.328 e. The Kier molecular flexibility index (Phi) is 3.95. The van der Waals surface area contributed by atoms with Crippen LogP contribution in [-0.2, 0) is 14.4 Å². The maximum atomic E-state index is 12.0. The summed E-state index contributed by atoms with van der Waals surface area (Å²) in [6.07, 6.45) is 0. The van der Waals surface area contributed by atoms with Crippen molar-refractivity contribution in [2.24, 2.45) is 0 Å². The van der Waals surface area contributed by atoms with E-state index in [1.165, 1.54) is 18.2 Å². The summed E-state index contributed by atoms with van der Waals surface area (Å²) in [5.74, 6) is -3.49. The fourth-order valence-corrected chi connectivity index (χ4v) is 2.38. The van der Waals surface area contributed by atoms with Crippen LogP contribution in [0.5, 0.6) is 0 Å². The molecule has 2 amide bonds. The molecule has 2 rings (SSSR count). The lowest BCUT2D eigenvalue weighted by Crippen LogP contribution is -2.49. The van der Waals surface area contributed by atoms with Gasteiger partial charge in [-0.1, -0.05) is 17.7 Å². The van der Waals surface area contributed by atoms with Crippen molar-refractivity contribution >= 4 is 40.9 Å². The fourth-order valence-electron chi connectivity index (χ4n) is 2.10. The number of carbonyl (C=O) groups excluding carboxylic acids is 3. The number of hydrogen-bond acceptors (Lipinski definition) is 4. The number of hydrogen-bond donors (Lipinski definition) is 2. The van der Waals surface area contributed by atoms with Gasteiger partial charge in [-0.05, 0) is 12.1 Å². The zero-order chi connectivity index (χ0) is 15.7. The third kappa shape index (κ3) is 2.73. The topological polar surface area (TPSA) is 104 Å². The average Bonchev–Trinajstić information content (AvgIpc) is 2.64. The Labute approximate surface area is 124 Å². The van der Waals surface area contributed by atoms with Crippen LogP contribution >= 0.6 is 11.6 Å². The number of halogens is 1. The minimum Gasteiger partial charge on any atom is -0.480 e. The van der Waals surface area contributed by atoms with Crippen molar-refractivity contribution in [2.45, 2.75) is 13.0 Å². The Morgan fingerprint density at radius 1 is 1.38 bits per heavy atom. The Morgan fingerprint density at radius 3 is 2.62 bits per heavy atom. The molecule has 0 saturated heterocycles. The van der Waals surface area contributed by atoms with E-state index in [9.17, 15) is 19.2 Å². The van der Waals surface area contributed by atoms with Crippen LogP contribution in [0.15, 0.2) is 18.2 Å². The molecule has 1 aliphatic heterocycles. The molecular weight excluding hydrogens is 300 g/mol. The molecule has 0 aromatic heterocycles. The number of aliphatic carboxylic acids is 1. The van der Waals surface area contributed by atoms with Crippen LogP contribution in [-0.4, -0.2) is 41.3 Å². The van der Waals surface area contributed by atoms with Gasteiger partial charge >= 0.3 is 5.97 Å². The van der Waals surface area contributed by atoms with Crippen LogP contribution in [0.2, 0.25) is 5.02 Å². The number of para-hydroxylation sites is 1. The second-order valence-corrected chi connectivity index (χ2v) is 4.88. The fraction of sp³-hybridized carbons (Fsp3) is 0.231. The summed E-state index contributed by atoms with van der Waals surface area (Å²) in [6.45, 7) is 0.782. The highest BCUT2D eigenvalue weighted by Gasteiger charge is 2.39. The van der Waals surface area contributed by atoms with Gasteiger partial charge in [0.25, 0.3) is 11.7 Å². The first kappa shape index (κ1) is 15.0. The summed E-state index contributed by atoms with van der Waals surface area (Å²) in [7, 11) is 0.